The molecule has 0 spiro atoms. The number of thiazole rings is 1. The van der Waals surface area contributed by atoms with E-state index in [1.165, 1.54) is 35.6 Å². The van der Waals surface area contributed by atoms with Crippen LogP contribution >= 0.6 is 11.3 Å². The number of carboxylic acid groups (broad SMARTS) is 1. The van der Waals surface area contributed by atoms with Crippen molar-refractivity contribution in [3.05, 3.63) is 41.4 Å². The second-order valence-corrected chi connectivity index (χ2v) is 5.07. The van der Waals surface area contributed by atoms with E-state index in [9.17, 15) is 9.59 Å². The Balaban J connectivity index is 2.01. The van der Waals surface area contributed by atoms with Gasteiger partial charge in [0.15, 0.2) is 11.2 Å². The molecule has 0 saturated carbocycles. The van der Waals surface area contributed by atoms with Gasteiger partial charge in [-0.1, -0.05) is 6.92 Å². The van der Waals surface area contributed by atoms with E-state index in [2.05, 4.69) is 10.3 Å². The number of nitrogens with zero attached hydrogens (tertiary/aromatic N) is 1. The zero-order valence-corrected chi connectivity index (χ0v) is 12.1. The molecule has 0 bridgehead atoms. The summed E-state index contributed by atoms with van der Waals surface area (Å²) in [4.78, 5) is 26.8. The highest BCUT2D eigenvalue weighted by Crippen LogP contribution is 2.17. The van der Waals surface area contributed by atoms with Gasteiger partial charge in [-0.2, -0.15) is 0 Å². The summed E-state index contributed by atoms with van der Waals surface area (Å²) in [7, 11) is 0. The van der Waals surface area contributed by atoms with Gasteiger partial charge in [-0.3, -0.25) is 10.1 Å². The quantitative estimate of drug-likeness (QED) is 0.856. The van der Waals surface area contributed by atoms with Crippen molar-refractivity contribution < 1.29 is 19.4 Å². The number of ether oxygens (including phenoxy) is 1. The number of carboxylic acids is 1. The first-order chi connectivity index (χ1) is 10.1. The molecule has 1 atom stereocenters. The topological polar surface area (TPSA) is 88.5 Å². The number of hydrogen-bond donors (Lipinski definition) is 2. The predicted octanol–water partition coefficient (Wildman–Crippen LogP) is 2.64. The van der Waals surface area contributed by atoms with Crippen LogP contribution in [0.4, 0.5) is 5.13 Å². The maximum absolute atomic E-state index is 12.1. The molecular formula is C14H14N2O4S. The molecule has 1 aromatic heterocycles. The fourth-order valence-electron chi connectivity index (χ4n) is 1.63. The molecule has 2 rings (SSSR count). The molecule has 21 heavy (non-hydrogen) atoms. The fraction of sp³-hybridized carbons (Fsp3) is 0.214. The second kappa shape index (κ2) is 6.85. The third-order valence-electron chi connectivity index (χ3n) is 2.71. The monoisotopic (exact) mass is 306 g/mol. The van der Waals surface area contributed by atoms with Crippen molar-refractivity contribution in [3.63, 3.8) is 0 Å². The van der Waals surface area contributed by atoms with E-state index in [4.69, 9.17) is 9.84 Å². The van der Waals surface area contributed by atoms with Gasteiger partial charge >= 0.3 is 5.97 Å². The molecule has 0 saturated heterocycles. The lowest BCUT2D eigenvalue weighted by atomic mass is 10.2. The minimum atomic E-state index is -1.00. The van der Waals surface area contributed by atoms with Gasteiger partial charge in [0.25, 0.3) is 5.91 Å². The van der Waals surface area contributed by atoms with Gasteiger partial charge in [0.2, 0.25) is 0 Å². The lowest BCUT2D eigenvalue weighted by Gasteiger charge is -2.16. The van der Waals surface area contributed by atoms with Crippen LogP contribution in [-0.2, 0) is 4.79 Å². The van der Waals surface area contributed by atoms with Gasteiger partial charge in [-0.15, -0.1) is 11.3 Å². The summed E-state index contributed by atoms with van der Waals surface area (Å²) in [6.07, 6.45) is 1.43. The molecule has 2 N–H and O–H groups in total. The Morgan fingerprint density at radius 3 is 2.62 bits per heavy atom. The summed E-state index contributed by atoms with van der Waals surface area (Å²) in [5, 5.41) is 13.8. The van der Waals surface area contributed by atoms with Crippen LogP contribution in [0.2, 0.25) is 0 Å². The van der Waals surface area contributed by atoms with Crippen molar-refractivity contribution in [3.8, 4) is 5.75 Å². The average Bonchev–Trinajstić information content (AvgIpc) is 2.98. The highest BCUT2D eigenvalue weighted by molar-refractivity contribution is 7.13. The molecule has 0 aliphatic carbocycles. The third-order valence-corrected chi connectivity index (χ3v) is 3.39. The lowest BCUT2D eigenvalue weighted by molar-refractivity contribution is -0.122. The van der Waals surface area contributed by atoms with Gasteiger partial charge in [0.1, 0.15) is 5.75 Å². The first-order valence-electron chi connectivity index (χ1n) is 6.30. The Hall–Kier alpha value is -2.41. The highest BCUT2D eigenvalue weighted by atomic mass is 32.1. The van der Waals surface area contributed by atoms with Crippen LogP contribution in [0.3, 0.4) is 0 Å². The summed E-state index contributed by atoms with van der Waals surface area (Å²) in [6, 6.07) is 5.93. The normalized spacial score (nSPS) is 11.7. The van der Waals surface area contributed by atoms with Crippen LogP contribution in [0.5, 0.6) is 5.75 Å². The van der Waals surface area contributed by atoms with Crippen LogP contribution < -0.4 is 10.1 Å². The average molecular weight is 306 g/mol. The molecule has 1 unspecified atom stereocenters. The molecule has 0 fully saturated rings. The van der Waals surface area contributed by atoms with Crippen molar-refractivity contribution in [2.75, 3.05) is 5.32 Å². The SMILES string of the molecule is CCC(Oc1ccc(C(=O)O)cc1)C(=O)Nc1nccs1. The Morgan fingerprint density at radius 2 is 2.10 bits per heavy atom. The van der Waals surface area contributed by atoms with Gasteiger partial charge < -0.3 is 9.84 Å². The van der Waals surface area contributed by atoms with Crippen LogP contribution in [0, 0.1) is 0 Å². The van der Waals surface area contributed by atoms with E-state index in [0.717, 1.165) is 0 Å². The molecule has 1 heterocycles. The van der Waals surface area contributed by atoms with Crippen molar-refractivity contribution in [1.29, 1.82) is 0 Å². The summed E-state index contributed by atoms with van der Waals surface area (Å²) < 4.78 is 5.58. The number of amides is 1. The second-order valence-electron chi connectivity index (χ2n) is 4.17. The van der Waals surface area contributed by atoms with E-state index >= 15 is 0 Å². The number of carbonyl (C=O) groups is 2. The maximum Gasteiger partial charge on any atom is 0.335 e. The van der Waals surface area contributed by atoms with Gasteiger partial charge in [-0.05, 0) is 30.7 Å². The number of anilines is 1. The van der Waals surface area contributed by atoms with Crippen LogP contribution in [0.25, 0.3) is 0 Å². The summed E-state index contributed by atoms with van der Waals surface area (Å²) >= 11 is 1.33. The first kappa shape index (κ1) is 15.0. The summed E-state index contributed by atoms with van der Waals surface area (Å²) in [5.41, 5.74) is 0.169. The fourth-order valence-corrected chi connectivity index (χ4v) is 2.17. The molecular weight excluding hydrogens is 292 g/mol. The van der Waals surface area contributed by atoms with Crippen molar-refractivity contribution in [1.82, 2.24) is 4.98 Å². The standard InChI is InChI=1S/C14H14N2O4S/c1-2-11(12(17)16-14-15-7-8-21-14)20-10-5-3-9(4-6-10)13(18)19/h3-8,11H,2H2,1H3,(H,18,19)(H,15,16,17). The van der Waals surface area contributed by atoms with Gasteiger partial charge in [-0.25, -0.2) is 9.78 Å². The predicted molar refractivity (Wildman–Crippen MR) is 78.9 cm³/mol. The zero-order valence-electron chi connectivity index (χ0n) is 11.3. The largest absolute Gasteiger partial charge is 0.481 e. The molecule has 6 nitrogen and oxygen atoms in total. The number of benzene rings is 1. The zero-order chi connectivity index (χ0) is 15.2. The molecule has 0 aliphatic heterocycles. The number of hydrogen-bond acceptors (Lipinski definition) is 5. The minimum absolute atomic E-state index is 0.169. The minimum Gasteiger partial charge on any atom is -0.481 e. The number of nitrogens with one attached hydrogen (secondary N) is 1. The Morgan fingerprint density at radius 1 is 1.38 bits per heavy atom. The molecule has 1 aromatic carbocycles. The number of rotatable bonds is 6. The van der Waals surface area contributed by atoms with Gasteiger partial charge in [0.05, 0.1) is 5.56 Å². The Bertz CT molecular complexity index is 610. The van der Waals surface area contributed by atoms with E-state index < -0.39 is 12.1 Å². The molecule has 0 radical (unpaired) electrons. The molecule has 1 amide bonds. The molecule has 0 aliphatic rings. The van der Waals surface area contributed by atoms with Crippen molar-refractivity contribution in [2.45, 2.75) is 19.4 Å². The molecule has 110 valence electrons. The van der Waals surface area contributed by atoms with E-state index in [1.54, 1.807) is 11.6 Å². The van der Waals surface area contributed by atoms with Crippen LogP contribution in [0.1, 0.15) is 23.7 Å². The molecule has 2 aromatic rings. The maximum atomic E-state index is 12.1. The van der Waals surface area contributed by atoms with Gasteiger partial charge in [0, 0.05) is 11.6 Å². The van der Waals surface area contributed by atoms with Crippen molar-refractivity contribution >= 4 is 28.3 Å². The van der Waals surface area contributed by atoms with E-state index in [1.807, 2.05) is 6.92 Å². The molecule has 7 heteroatoms. The summed E-state index contributed by atoms with van der Waals surface area (Å²) in [6.45, 7) is 1.83. The lowest BCUT2D eigenvalue weighted by Crippen LogP contribution is -2.32. The number of aromatic carboxylic acids is 1. The Labute approximate surface area is 125 Å². The number of carbonyl (C=O) groups excluding carboxylic acids is 1. The van der Waals surface area contributed by atoms with Crippen molar-refractivity contribution in [2.24, 2.45) is 0 Å². The summed E-state index contributed by atoms with van der Waals surface area (Å²) in [5.74, 6) is -0.842. The van der Waals surface area contributed by atoms with Crippen LogP contribution in [-0.4, -0.2) is 28.1 Å². The highest BCUT2D eigenvalue weighted by Gasteiger charge is 2.19. The van der Waals surface area contributed by atoms with E-state index in [0.29, 0.717) is 17.3 Å². The van der Waals surface area contributed by atoms with E-state index in [-0.39, 0.29) is 11.5 Å². The van der Waals surface area contributed by atoms with Crippen LogP contribution in [0.15, 0.2) is 35.8 Å². The smallest absolute Gasteiger partial charge is 0.335 e. The Kier molecular flexibility index (Phi) is 4.89. The first-order valence-corrected chi connectivity index (χ1v) is 7.18. The third kappa shape index (κ3) is 4.03. The number of aromatic nitrogens is 1.